The first kappa shape index (κ1) is 35.6. The van der Waals surface area contributed by atoms with Crippen molar-refractivity contribution in [2.24, 2.45) is 10.6 Å². The van der Waals surface area contributed by atoms with Gasteiger partial charge in [0.2, 0.25) is 23.5 Å². The highest BCUT2D eigenvalue weighted by Crippen LogP contribution is 2.40. The molecule has 3 N–H and O–H groups in total. The first-order valence-corrected chi connectivity index (χ1v) is 17.6. The number of oxime groups is 1. The maximum atomic E-state index is 14.5. The largest absolute Gasteiger partial charge is 0.387 e. The van der Waals surface area contributed by atoms with E-state index in [1.165, 1.54) is 4.90 Å². The highest BCUT2D eigenvalue weighted by Gasteiger charge is 2.55. The maximum Gasteiger partial charge on any atom is 0.289 e. The average molecular weight is 682 g/mol. The summed E-state index contributed by atoms with van der Waals surface area (Å²) in [7, 11) is 0. The summed E-state index contributed by atoms with van der Waals surface area (Å²) in [4.78, 5) is 75.2. The number of nitrogens with zero attached hydrogens (tertiary/aromatic N) is 2. The normalized spacial score (nSPS) is 23.5. The van der Waals surface area contributed by atoms with Crippen LogP contribution in [0.5, 0.6) is 0 Å². The lowest BCUT2D eigenvalue weighted by Crippen LogP contribution is -2.59. The van der Waals surface area contributed by atoms with Crippen molar-refractivity contribution in [2.45, 2.75) is 128 Å². The molecule has 11 nitrogen and oxygen atoms in total. The number of allylic oxidation sites excluding steroid dienone is 1. The van der Waals surface area contributed by atoms with E-state index in [2.05, 4.69) is 21.1 Å². The number of carbonyl (C=O) groups is 5. The highest BCUT2D eigenvalue weighted by atomic mass is 35.5. The predicted molar refractivity (Wildman–Crippen MR) is 182 cm³/mol. The molecule has 0 bridgehead atoms. The summed E-state index contributed by atoms with van der Waals surface area (Å²) in [6.07, 6.45) is 9.45. The second-order valence-electron chi connectivity index (χ2n) is 14.8. The van der Waals surface area contributed by atoms with Gasteiger partial charge in [0.1, 0.15) is 12.1 Å². The molecule has 1 aromatic rings. The van der Waals surface area contributed by atoms with Crippen LogP contribution in [-0.2, 0) is 28.8 Å². The summed E-state index contributed by atoms with van der Waals surface area (Å²) in [5, 5.41) is 13.4. The fourth-order valence-electron chi connectivity index (χ4n) is 6.75. The number of ketones is 1. The van der Waals surface area contributed by atoms with Crippen LogP contribution >= 0.6 is 11.6 Å². The molecular weight excluding hydrogens is 634 g/mol. The lowest BCUT2D eigenvalue weighted by Gasteiger charge is -2.35. The van der Waals surface area contributed by atoms with Gasteiger partial charge in [0.05, 0.1) is 18.3 Å². The molecule has 4 aliphatic rings. The quantitative estimate of drug-likeness (QED) is 0.234. The smallest absolute Gasteiger partial charge is 0.289 e. The van der Waals surface area contributed by atoms with Gasteiger partial charge in [-0.05, 0) is 62.5 Å². The Kier molecular flexibility index (Phi) is 11.0. The van der Waals surface area contributed by atoms with Crippen LogP contribution in [0.2, 0.25) is 5.02 Å². The molecule has 4 atom stereocenters. The Morgan fingerprint density at radius 2 is 1.83 bits per heavy atom. The molecule has 1 aromatic carbocycles. The number of hydrogen-bond donors (Lipinski definition) is 3. The Balaban J connectivity index is 1.40. The molecule has 4 amide bonds. The Labute approximate surface area is 287 Å². The Bertz CT molecular complexity index is 1490. The van der Waals surface area contributed by atoms with E-state index in [1.807, 2.05) is 39.8 Å². The van der Waals surface area contributed by atoms with Crippen LogP contribution in [0.1, 0.15) is 104 Å². The SMILES string of the molecule is CCC[C@H](NC(=O)[C@@H]1C[C@]2(CC(c3cccc(Cl)c3)=NO2)CN1C(=O)[C@@H](NC(=O)C=C1CCCCC1)C(C)(C)C)C(=O)C(=O)NC1CC1. The number of carbonyl (C=O) groups excluding carboxylic acids is 5. The minimum absolute atomic E-state index is 0.00580. The lowest BCUT2D eigenvalue weighted by atomic mass is 9.85. The fraction of sp³-hybridized carbons (Fsp3) is 0.611. The second kappa shape index (κ2) is 14.8. The first-order valence-electron chi connectivity index (χ1n) is 17.2. The van der Waals surface area contributed by atoms with E-state index < -0.39 is 52.6 Å². The van der Waals surface area contributed by atoms with Gasteiger partial charge in [0.15, 0.2) is 5.60 Å². The third-order valence-electron chi connectivity index (χ3n) is 9.56. The molecule has 260 valence electrons. The molecule has 12 heteroatoms. The van der Waals surface area contributed by atoms with Crippen molar-refractivity contribution in [1.82, 2.24) is 20.9 Å². The molecule has 0 unspecified atom stereocenters. The molecule has 2 saturated carbocycles. The molecule has 1 saturated heterocycles. The minimum Gasteiger partial charge on any atom is -0.387 e. The van der Waals surface area contributed by atoms with Crippen molar-refractivity contribution in [3.8, 4) is 0 Å². The summed E-state index contributed by atoms with van der Waals surface area (Å²) < 4.78 is 0. The van der Waals surface area contributed by atoms with E-state index >= 15 is 0 Å². The van der Waals surface area contributed by atoms with Crippen molar-refractivity contribution in [3.63, 3.8) is 0 Å². The van der Waals surface area contributed by atoms with Crippen molar-refractivity contribution >= 4 is 46.7 Å². The average Bonchev–Trinajstić information content (AvgIpc) is 3.63. The van der Waals surface area contributed by atoms with Crippen molar-refractivity contribution < 1.29 is 28.8 Å². The molecule has 3 fully saturated rings. The Morgan fingerprint density at radius 3 is 2.48 bits per heavy atom. The molecule has 2 aliphatic carbocycles. The van der Waals surface area contributed by atoms with Crippen molar-refractivity contribution in [3.05, 3.63) is 46.5 Å². The second-order valence-corrected chi connectivity index (χ2v) is 15.3. The maximum absolute atomic E-state index is 14.5. The molecular formula is C36H48ClN5O6. The number of nitrogens with one attached hydrogen (secondary N) is 3. The van der Waals surface area contributed by atoms with Gasteiger partial charge in [-0.2, -0.15) is 0 Å². The van der Waals surface area contributed by atoms with E-state index in [0.717, 1.165) is 56.1 Å². The Hall–Kier alpha value is -3.73. The van der Waals surface area contributed by atoms with Crippen LogP contribution in [0.3, 0.4) is 0 Å². The zero-order chi connectivity index (χ0) is 34.6. The third-order valence-corrected chi connectivity index (χ3v) is 9.80. The molecule has 0 radical (unpaired) electrons. The van der Waals surface area contributed by atoms with Gasteiger partial charge >= 0.3 is 0 Å². The van der Waals surface area contributed by atoms with Crippen LogP contribution in [0.25, 0.3) is 0 Å². The zero-order valence-electron chi connectivity index (χ0n) is 28.4. The van der Waals surface area contributed by atoms with Gasteiger partial charge in [-0.3, -0.25) is 24.0 Å². The summed E-state index contributed by atoms with van der Waals surface area (Å²) in [5.41, 5.74) is 0.769. The molecule has 1 spiro atoms. The van der Waals surface area contributed by atoms with Crippen LogP contribution in [-0.4, -0.2) is 76.3 Å². The van der Waals surface area contributed by atoms with E-state index in [1.54, 1.807) is 18.2 Å². The molecule has 2 heterocycles. The van der Waals surface area contributed by atoms with Crippen LogP contribution in [0.4, 0.5) is 0 Å². The van der Waals surface area contributed by atoms with Gasteiger partial charge in [-0.1, -0.05) is 75.0 Å². The van der Waals surface area contributed by atoms with Gasteiger partial charge in [-0.25, -0.2) is 0 Å². The van der Waals surface area contributed by atoms with E-state index in [-0.39, 0.29) is 31.3 Å². The van der Waals surface area contributed by atoms with E-state index in [0.29, 0.717) is 23.6 Å². The summed E-state index contributed by atoms with van der Waals surface area (Å²) in [5.74, 6) is -2.75. The van der Waals surface area contributed by atoms with Crippen LogP contribution in [0, 0.1) is 5.41 Å². The minimum atomic E-state index is -1.04. The first-order chi connectivity index (χ1) is 22.8. The van der Waals surface area contributed by atoms with Crippen molar-refractivity contribution in [1.29, 1.82) is 0 Å². The number of Topliss-reactive ketones (excluding diaryl/α,β-unsaturated/α-hetero) is 1. The topological polar surface area (TPSA) is 146 Å². The van der Waals surface area contributed by atoms with Gasteiger partial charge in [0, 0.05) is 35.5 Å². The molecule has 5 rings (SSSR count). The predicted octanol–water partition coefficient (Wildman–Crippen LogP) is 4.36. The van der Waals surface area contributed by atoms with E-state index in [9.17, 15) is 24.0 Å². The van der Waals surface area contributed by atoms with E-state index in [4.69, 9.17) is 16.4 Å². The van der Waals surface area contributed by atoms with Crippen LogP contribution in [0.15, 0.2) is 41.1 Å². The van der Waals surface area contributed by atoms with Crippen LogP contribution < -0.4 is 16.0 Å². The lowest BCUT2D eigenvalue weighted by molar-refractivity contribution is -0.145. The Morgan fingerprint density at radius 1 is 1.10 bits per heavy atom. The highest BCUT2D eigenvalue weighted by molar-refractivity contribution is 6.38. The number of amides is 4. The number of rotatable bonds is 11. The third kappa shape index (κ3) is 8.64. The summed E-state index contributed by atoms with van der Waals surface area (Å²) >= 11 is 6.24. The summed E-state index contributed by atoms with van der Waals surface area (Å²) in [6, 6.07) is 4.18. The monoisotopic (exact) mass is 681 g/mol. The summed E-state index contributed by atoms with van der Waals surface area (Å²) in [6.45, 7) is 7.50. The molecule has 0 aromatic heterocycles. The standard InChI is InChI=1S/C36H48ClN5O6/c1-5-10-26(30(44)33(46)38-25-15-16-25)39-32(45)28-20-36(19-27(41-48-36)23-13-9-14-24(37)18-23)21-42(28)34(47)31(35(2,3)4)40-29(43)17-22-11-7-6-8-12-22/h9,13-14,17-18,25-26,28,31H,5-8,10-12,15-16,19-21H2,1-4H3,(H,38,46)(H,39,45)(H,40,43)/t26-,28-,31+,36+/m0/s1. The zero-order valence-corrected chi connectivity index (χ0v) is 29.2. The number of hydrogen-bond acceptors (Lipinski definition) is 7. The number of likely N-dealkylation sites (tertiary alicyclic amines) is 1. The van der Waals surface area contributed by atoms with Gasteiger partial charge in [0.25, 0.3) is 5.91 Å². The fourth-order valence-corrected chi connectivity index (χ4v) is 6.94. The van der Waals surface area contributed by atoms with Crippen molar-refractivity contribution in [2.75, 3.05) is 6.54 Å². The molecule has 48 heavy (non-hydrogen) atoms. The molecule has 2 aliphatic heterocycles. The number of benzene rings is 1. The number of halogens is 1. The van der Waals surface area contributed by atoms with Gasteiger partial charge < -0.3 is 25.7 Å². The van der Waals surface area contributed by atoms with Gasteiger partial charge in [-0.15, -0.1) is 0 Å².